The van der Waals surface area contributed by atoms with E-state index in [1.165, 1.54) is 5.56 Å². The molecule has 0 aliphatic heterocycles. The van der Waals surface area contributed by atoms with Crippen LogP contribution in [0.25, 0.3) is 0 Å². The molecular weight excluding hydrogens is 242 g/mol. The predicted octanol–water partition coefficient (Wildman–Crippen LogP) is 2.30. The number of hydrogen-bond donors (Lipinski definition) is 1. The second kappa shape index (κ2) is 5.97. The van der Waals surface area contributed by atoms with Gasteiger partial charge in [-0.15, -0.1) is 0 Å². The Hall–Kier alpha value is -1.69. The van der Waals surface area contributed by atoms with Gasteiger partial charge in [0.25, 0.3) is 0 Å². The van der Waals surface area contributed by atoms with Crippen LogP contribution >= 0.6 is 0 Å². The van der Waals surface area contributed by atoms with Gasteiger partial charge in [-0.2, -0.15) is 10.1 Å². The Balaban J connectivity index is 2.12. The Labute approximate surface area is 113 Å². The molecule has 2 aromatic heterocycles. The summed E-state index contributed by atoms with van der Waals surface area (Å²) in [5, 5.41) is 11.8. The molecule has 0 unspecified atom stereocenters. The molecule has 2 rings (SSSR count). The summed E-state index contributed by atoms with van der Waals surface area (Å²) in [6.45, 7) is 6.07. The lowest BCUT2D eigenvalue weighted by Crippen LogP contribution is -2.26. The summed E-state index contributed by atoms with van der Waals surface area (Å²) in [7, 11) is 1.93. The third-order valence-electron chi connectivity index (χ3n) is 3.20. The molecule has 1 N–H and O–H groups in total. The first-order valence-electron chi connectivity index (χ1n) is 6.68. The zero-order valence-corrected chi connectivity index (χ0v) is 11.9. The Morgan fingerprint density at radius 2 is 2.05 bits per heavy atom. The monoisotopic (exact) mass is 263 g/mol. The first kappa shape index (κ1) is 13.7. The molecular formula is C13H21N5O. The van der Waals surface area contributed by atoms with Crippen molar-refractivity contribution in [1.82, 2.24) is 25.2 Å². The van der Waals surface area contributed by atoms with Gasteiger partial charge < -0.3 is 9.84 Å². The van der Waals surface area contributed by atoms with Crippen LogP contribution in [0.15, 0.2) is 16.9 Å². The van der Waals surface area contributed by atoms with E-state index in [1.54, 1.807) is 0 Å². The number of hydrogen-bond acceptors (Lipinski definition) is 5. The lowest BCUT2D eigenvalue weighted by atomic mass is 10.1. The van der Waals surface area contributed by atoms with Gasteiger partial charge in [-0.3, -0.25) is 4.68 Å². The fraction of sp³-hybridized carbons (Fsp3) is 0.615. The lowest BCUT2D eigenvalue weighted by Gasteiger charge is -2.21. The van der Waals surface area contributed by atoms with Crippen LogP contribution in [0, 0.1) is 6.92 Å². The molecule has 0 aliphatic rings. The molecule has 0 bridgehead atoms. The quantitative estimate of drug-likeness (QED) is 0.866. The molecule has 19 heavy (non-hydrogen) atoms. The van der Waals surface area contributed by atoms with Crippen molar-refractivity contribution < 1.29 is 4.52 Å². The molecule has 0 aromatic carbocycles. The van der Waals surface area contributed by atoms with E-state index in [-0.39, 0.29) is 12.1 Å². The number of aryl methyl sites for hydroxylation is 2. The van der Waals surface area contributed by atoms with E-state index >= 15 is 0 Å². The normalized spacial score (nSPS) is 14.5. The Morgan fingerprint density at radius 1 is 1.32 bits per heavy atom. The fourth-order valence-corrected chi connectivity index (χ4v) is 2.14. The highest BCUT2D eigenvalue weighted by Crippen LogP contribution is 2.22. The molecule has 6 nitrogen and oxygen atoms in total. The van der Waals surface area contributed by atoms with Gasteiger partial charge in [-0.25, -0.2) is 0 Å². The first-order chi connectivity index (χ1) is 9.13. The van der Waals surface area contributed by atoms with Gasteiger partial charge in [0.05, 0.1) is 12.2 Å². The van der Waals surface area contributed by atoms with Crippen molar-refractivity contribution in [3.63, 3.8) is 0 Å². The topological polar surface area (TPSA) is 68.8 Å². The van der Waals surface area contributed by atoms with E-state index in [0.717, 1.165) is 18.7 Å². The van der Waals surface area contributed by atoms with Gasteiger partial charge >= 0.3 is 0 Å². The van der Waals surface area contributed by atoms with Crippen molar-refractivity contribution in [1.29, 1.82) is 0 Å². The second-order valence-electron chi connectivity index (χ2n) is 4.71. The average Bonchev–Trinajstić information content (AvgIpc) is 3.00. The molecule has 0 amide bonds. The minimum atomic E-state index is 0.0996. The number of nitrogens with zero attached hydrogens (tertiary/aromatic N) is 4. The van der Waals surface area contributed by atoms with Crippen LogP contribution in [0.2, 0.25) is 0 Å². The second-order valence-corrected chi connectivity index (χ2v) is 4.71. The molecule has 2 aromatic rings. The number of aromatic nitrogens is 4. The molecule has 0 saturated heterocycles. The van der Waals surface area contributed by atoms with E-state index in [9.17, 15) is 0 Å². The number of rotatable bonds is 6. The Morgan fingerprint density at radius 3 is 2.53 bits per heavy atom. The Bertz CT molecular complexity index is 472. The largest absolute Gasteiger partial charge is 0.340 e. The molecule has 0 fully saturated rings. The number of nitrogens with one attached hydrogen (secondary N) is 1. The van der Waals surface area contributed by atoms with Gasteiger partial charge in [-0.1, -0.05) is 19.0 Å². The third-order valence-corrected chi connectivity index (χ3v) is 3.20. The van der Waals surface area contributed by atoms with Crippen molar-refractivity contribution in [2.75, 3.05) is 0 Å². The molecule has 0 spiro atoms. The van der Waals surface area contributed by atoms with Crippen LogP contribution in [0.5, 0.6) is 0 Å². The minimum absolute atomic E-state index is 0.0996. The molecule has 2 atom stereocenters. The smallest absolute Gasteiger partial charge is 0.223 e. The summed E-state index contributed by atoms with van der Waals surface area (Å²) in [5.41, 5.74) is 1.18. The van der Waals surface area contributed by atoms with Crippen LogP contribution in [0.3, 0.4) is 0 Å². The summed E-state index contributed by atoms with van der Waals surface area (Å²) in [5.74, 6) is 1.33. The summed E-state index contributed by atoms with van der Waals surface area (Å²) < 4.78 is 6.87. The molecule has 6 heteroatoms. The van der Waals surface area contributed by atoms with Gasteiger partial charge in [0.2, 0.25) is 5.89 Å². The Kier molecular flexibility index (Phi) is 4.31. The highest BCUT2D eigenvalue weighted by Gasteiger charge is 2.20. The van der Waals surface area contributed by atoms with Gasteiger partial charge in [0.1, 0.15) is 0 Å². The molecule has 0 aliphatic carbocycles. The fourth-order valence-electron chi connectivity index (χ4n) is 2.14. The summed E-state index contributed by atoms with van der Waals surface area (Å²) in [6, 6.07) is 0.347. The van der Waals surface area contributed by atoms with Crippen molar-refractivity contribution >= 4 is 0 Å². The van der Waals surface area contributed by atoms with Crippen LogP contribution in [0.4, 0.5) is 0 Å². The van der Waals surface area contributed by atoms with E-state index in [2.05, 4.69) is 34.4 Å². The van der Waals surface area contributed by atoms with Crippen molar-refractivity contribution in [2.24, 2.45) is 7.05 Å². The molecule has 2 heterocycles. The molecule has 0 radical (unpaired) electrons. The van der Waals surface area contributed by atoms with Gasteiger partial charge in [-0.05, 0) is 12.8 Å². The predicted molar refractivity (Wildman–Crippen MR) is 71.4 cm³/mol. The zero-order chi connectivity index (χ0) is 13.8. The van der Waals surface area contributed by atoms with Crippen molar-refractivity contribution in [2.45, 2.75) is 45.7 Å². The SMILES string of the molecule is CC[C@H](N[C@H](CC)c1noc(C)n1)c1cnn(C)c1. The van der Waals surface area contributed by atoms with Crippen molar-refractivity contribution in [3.8, 4) is 0 Å². The molecule has 0 saturated carbocycles. The highest BCUT2D eigenvalue weighted by atomic mass is 16.5. The van der Waals surface area contributed by atoms with Crippen LogP contribution in [0.1, 0.15) is 56.1 Å². The molecule has 104 valence electrons. The van der Waals surface area contributed by atoms with Crippen LogP contribution in [-0.4, -0.2) is 19.9 Å². The van der Waals surface area contributed by atoms with Gasteiger partial charge in [0.15, 0.2) is 5.82 Å². The maximum atomic E-state index is 5.05. The van der Waals surface area contributed by atoms with Crippen LogP contribution < -0.4 is 5.32 Å². The van der Waals surface area contributed by atoms with Gasteiger partial charge in [0, 0.05) is 31.8 Å². The lowest BCUT2D eigenvalue weighted by molar-refractivity contribution is 0.361. The maximum Gasteiger partial charge on any atom is 0.223 e. The highest BCUT2D eigenvalue weighted by molar-refractivity contribution is 5.11. The summed E-state index contributed by atoms with van der Waals surface area (Å²) in [6.07, 6.45) is 5.83. The summed E-state index contributed by atoms with van der Waals surface area (Å²) in [4.78, 5) is 4.31. The summed E-state index contributed by atoms with van der Waals surface area (Å²) >= 11 is 0. The standard InChI is InChI=1S/C13H21N5O/c1-5-11(10-7-14-18(4)8-10)16-12(6-2)13-15-9(3)19-17-13/h7-8,11-12,16H,5-6H2,1-4H3/t11-,12+/m0/s1. The third kappa shape index (κ3) is 3.20. The van der Waals surface area contributed by atoms with Crippen LogP contribution in [-0.2, 0) is 7.05 Å². The first-order valence-corrected chi connectivity index (χ1v) is 6.68. The maximum absolute atomic E-state index is 5.05. The average molecular weight is 263 g/mol. The zero-order valence-electron chi connectivity index (χ0n) is 11.9. The minimum Gasteiger partial charge on any atom is -0.340 e. The van der Waals surface area contributed by atoms with Crippen molar-refractivity contribution in [3.05, 3.63) is 29.7 Å². The van der Waals surface area contributed by atoms with E-state index in [0.29, 0.717) is 5.89 Å². The van der Waals surface area contributed by atoms with E-state index < -0.39 is 0 Å². The van der Waals surface area contributed by atoms with E-state index in [1.807, 2.05) is 31.0 Å². The van der Waals surface area contributed by atoms with E-state index in [4.69, 9.17) is 4.52 Å².